The highest BCUT2D eigenvalue weighted by Crippen LogP contribution is 2.37. The van der Waals surface area contributed by atoms with Crippen molar-refractivity contribution in [1.29, 1.82) is 0 Å². The number of anilines is 1. The molecule has 1 aliphatic rings. The van der Waals surface area contributed by atoms with E-state index in [-0.39, 0.29) is 18.1 Å². The number of hydrogen-bond acceptors (Lipinski definition) is 6. The number of benzene rings is 1. The van der Waals surface area contributed by atoms with Crippen molar-refractivity contribution in [2.24, 2.45) is 0 Å². The van der Waals surface area contributed by atoms with Gasteiger partial charge in [0.1, 0.15) is 11.6 Å². The first-order valence-electron chi connectivity index (χ1n) is 11.7. The molecule has 0 spiro atoms. The van der Waals surface area contributed by atoms with E-state index in [2.05, 4.69) is 27.2 Å². The number of aryl methyl sites for hydroxylation is 3. The number of ketones is 1. The van der Waals surface area contributed by atoms with Crippen LogP contribution in [-0.2, 0) is 29.5 Å². The lowest BCUT2D eigenvalue weighted by atomic mass is 9.71. The van der Waals surface area contributed by atoms with Gasteiger partial charge in [-0.1, -0.05) is 26.0 Å². The number of Topliss-reactive ketones (excluding diaryl/α,β-unsaturated/α-hetero) is 1. The Kier molecular flexibility index (Phi) is 7.12. The summed E-state index contributed by atoms with van der Waals surface area (Å²) in [7, 11) is 0. The molecule has 1 atom stereocenters. The molecule has 0 fully saturated rings. The lowest BCUT2D eigenvalue weighted by Crippen LogP contribution is -2.39. The van der Waals surface area contributed by atoms with Crippen LogP contribution in [0.4, 0.5) is 5.82 Å². The van der Waals surface area contributed by atoms with E-state index in [1.807, 2.05) is 51.1 Å². The molecule has 0 saturated heterocycles. The van der Waals surface area contributed by atoms with Crippen molar-refractivity contribution in [3.8, 4) is 0 Å². The largest absolute Gasteiger partial charge is 0.310 e. The highest BCUT2D eigenvalue weighted by atomic mass is 32.2. The molecule has 0 bridgehead atoms. The molecule has 1 aromatic carbocycles. The summed E-state index contributed by atoms with van der Waals surface area (Å²) in [6, 6.07) is 13.5. The molecule has 34 heavy (non-hydrogen) atoms. The van der Waals surface area contributed by atoms with Gasteiger partial charge in [-0.05, 0) is 68.3 Å². The van der Waals surface area contributed by atoms with Gasteiger partial charge in [0.15, 0.2) is 5.78 Å². The lowest BCUT2D eigenvalue weighted by molar-refractivity contribution is -0.115. The molecule has 176 valence electrons. The van der Waals surface area contributed by atoms with Gasteiger partial charge in [0.25, 0.3) is 0 Å². The quantitative estimate of drug-likeness (QED) is 0.478. The lowest BCUT2D eigenvalue weighted by Gasteiger charge is -2.32. The fraction of sp³-hybridized carbons (Fsp3) is 0.370. The number of fused-ring (bicyclic) bond motifs is 1. The SMILES string of the molecule is CCSc1ccc(CC(=O)Nc2ccc3c(n2)CCC(C)(c2cc(C)nc(CC)n2)C3=O)cc1. The molecule has 7 heteroatoms. The van der Waals surface area contributed by atoms with Crippen molar-refractivity contribution >= 4 is 29.3 Å². The summed E-state index contributed by atoms with van der Waals surface area (Å²) >= 11 is 1.77. The van der Waals surface area contributed by atoms with Gasteiger partial charge in [-0.25, -0.2) is 15.0 Å². The summed E-state index contributed by atoms with van der Waals surface area (Å²) < 4.78 is 0. The van der Waals surface area contributed by atoms with E-state index in [4.69, 9.17) is 0 Å². The van der Waals surface area contributed by atoms with Crippen molar-refractivity contribution in [1.82, 2.24) is 15.0 Å². The van der Waals surface area contributed by atoms with Crippen molar-refractivity contribution in [2.45, 2.75) is 63.7 Å². The Hall–Kier alpha value is -3.06. The molecular weight excluding hydrogens is 444 g/mol. The smallest absolute Gasteiger partial charge is 0.229 e. The van der Waals surface area contributed by atoms with Crippen LogP contribution in [0.15, 0.2) is 47.4 Å². The first kappa shape index (κ1) is 24.1. The van der Waals surface area contributed by atoms with Gasteiger partial charge in [0.05, 0.1) is 23.2 Å². The second-order valence-corrected chi connectivity index (χ2v) is 10.2. The predicted molar refractivity (Wildman–Crippen MR) is 136 cm³/mol. The maximum absolute atomic E-state index is 13.5. The minimum atomic E-state index is -0.709. The second kappa shape index (κ2) is 10.1. The molecule has 2 aromatic heterocycles. The van der Waals surface area contributed by atoms with E-state index < -0.39 is 5.41 Å². The zero-order chi connectivity index (χ0) is 24.3. The van der Waals surface area contributed by atoms with Crippen LogP contribution >= 0.6 is 11.8 Å². The highest BCUT2D eigenvalue weighted by molar-refractivity contribution is 7.99. The molecule has 2 heterocycles. The maximum atomic E-state index is 13.5. The molecule has 1 aliphatic carbocycles. The highest BCUT2D eigenvalue weighted by Gasteiger charge is 2.42. The average molecular weight is 475 g/mol. The van der Waals surface area contributed by atoms with Gasteiger partial charge in [0.2, 0.25) is 5.91 Å². The molecule has 1 unspecified atom stereocenters. The number of carbonyl (C=O) groups excluding carboxylic acids is 2. The van der Waals surface area contributed by atoms with Crippen molar-refractivity contribution < 1.29 is 9.59 Å². The predicted octanol–water partition coefficient (Wildman–Crippen LogP) is 5.12. The normalized spacial score (nSPS) is 17.4. The number of aromatic nitrogens is 3. The van der Waals surface area contributed by atoms with Crippen LogP contribution in [0.5, 0.6) is 0 Å². The van der Waals surface area contributed by atoms with E-state index >= 15 is 0 Å². The van der Waals surface area contributed by atoms with Crippen molar-refractivity contribution in [3.63, 3.8) is 0 Å². The minimum absolute atomic E-state index is 0.0179. The van der Waals surface area contributed by atoms with Gasteiger partial charge in [-0.3, -0.25) is 9.59 Å². The van der Waals surface area contributed by atoms with Gasteiger partial charge in [-0.2, -0.15) is 0 Å². The first-order chi connectivity index (χ1) is 16.3. The summed E-state index contributed by atoms with van der Waals surface area (Å²) in [6.07, 6.45) is 2.26. The number of hydrogen-bond donors (Lipinski definition) is 1. The average Bonchev–Trinajstić information content (AvgIpc) is 2.82. The molecular formula is C27H30N4O2S. The van der Waals surface area contributed by atoms with E-state index in [1.165, 1.54) is 4.90 Å². The number of nitrogens with one attached hydrogen (secondary N) is 1. The Morgan fingerprint density at radius 3 is 2.56 bits per heavy atom. The van der Waals surface area contributed by atoms with Gasteiger partial charge >= 0.3 is 0 Å². The van der Waals surface area contributed by atoms with E-state index in [0.717, 1.165) is 40.6 Å². The van der Waals surface area contributed by atoms with Gasteiger partial charge in [0, 0.05) is 22.6 Å². The van der Waals surface area contributed by atoms with E-state index in [0.29, 0.717) is 24.2 Å². The number of amides is 1. The number of nitrogens with zero attached hydrogens (tertiary/aromatic N) is 3. The van der Waals surface area contributed by atoms with Gasteiger partial charge in [-0.15, -0.1) is 11.8 Å². The first-order valence-corrected chi connectivity index (χ1v) is 12.7. The van der Waals surface area contributed by atoms with Crippen molar-refractivity contribution in [2.75, 3.05) is 11.1 Å². The van der Waals surface area contributed by atoms with Crippen LogP contribution in [0.3, 0.4) is 0 Å². The van der Waals surface area contributed by atoms with E-state index in [1.54, 1.807) is 23.9 Å². The summed E-state index contributed by atoms with van der Waals surface area (Å²) in [4.78, 5) is 41.0. The second-order valence-electron chi connectivity index (χ2n) is 8.82. The molecule has 4 rings (SSSR count). The Morgan fingerprint density at radius 1 is 1.09 bits per heavy atom. The summed E-state index contributed by atoms with van der Waals surface area (Å²) in [5.41, 5.74) is 3.21. The molecule has 1 N–H and O–H groups in total. The van der Waals surface area contributed by atoms with Crippen LogP contribution in [-0.4, -0.2) is 32.4 Å². The molecule has 3 aromatic rings. The Morgan fingerprint density at radius 2 is 1.85 bits per heavy atom. The van der Waals surface area contributed by atoms with E-state index in [9.17, 15) is 9.59 Å². The number of pyridine rings is 1. The Labute approximate surface area is 205 Å². The van der Waals surface area contributed by atoms with Crippen LogP contribution in [0.25, 0.3) is 0 Å². The fourth-order valence-electron chi connectivity index (χ4n) is 4.31. The van der Waals surface area contributed by atoms with Crippen molar-refractivity contribution in [3.05, 3.63) is 76.5 Å². The van der Waals surface area contributed by atoms with Crippen LogP contribution in [0.2, 0.25) is 0 Å². The number of rotatable bonds is 7. The Balaban J connectivity index is 1.48. The molecule has 6 nitrogen and oxygen atoms in total. The molecule has 0 saturated carbocycles. The summed E-state index contributed by atoms with van der Waals surface area (Å²) in [6.45, 7) is 8.02. The fourth-order valence-corrected chi connectivity index (χ4v) is 4.97. The maximum Gasteiger partial charge on any atom is 0.229 e. The third kappa shape index (κ3) is 5.04. The summed E-state index contributed by atoms with van der Waals surface area (Å²) in [5, 5.41) is 2.88. The van der Waals surface area contributed by atoms with Gasteiger partial charge < -0.3 is 5.32 Å². The third-order valence-corrected chi connectivity index (χ3v) is 7.12. The number of carbonyl (C=O) groups is 2. The third-order valence-electron chi connectivity index (χ3n) is 6.23. The minimum Gasteiger partial charge on any atom is -0.310 e. The Bertz CT molecular complexity index is 1230. The number of thioether (sulfide) groups is 1. The molecule has 1 amide bonds. The zero-order valence-corrected chi connectivity index (χ0v) is 21.0. The summed E-state index contributed by atoms with van der Waals surface area (Å²) in [5.74, 6) is 2.14. The molecule has 0 aliphatic heterocycles. The topological polar surface area (TPSA) is 84.8 Å². The monoisotopic (exact) mass is 474 g/mol. The standard InChI is InChI=1S/C27H30N4O2S/c1-5-23-28-17(3)15-22(30-23)27(4)14-13-21-20(26(27)33)11-12-24(29-21)31-25(32)16-18-7-9-19(10-8-18)34-6-2/h7-12,15H,5-6,13-14,16H2,1-4H3,(H,29,31,32). The molecule has 0 radical (unpaired) electrons. The van der Waals surface area contributed by atoms with Crippen LogP contribution < -0.4 is 5.32 Å². The van der Waals surface area contributed by atoms with Crippen LogP contribution in [0.1, 0.15) is 66.0 Å². The zero-order valence-electron chi connectivity index (χ0n) is 20.1. The van der Waals surface area contributed by atoms with Crippen LogP contribution in [0, 0.1) is 6.92 Å².